The topological polar surface area (TPSA) is 64.1 Å². The summed E-state index contributed by atoms with van der Waals surface area (Å²) in [5.74, 6) is 0.381. The molecular weight excluding hydrogens is 338 g/mol. The molecule has 0 radical (unpaired) electrons. The second-order valence-corrected chi connectivity index (χ2v) is 6.29. The lowest BCUT2D eigenvalue weighted by molar-refractivity contribution is 0.0949. The molecule has 1 amide bonds. The molecule has 130 valence electrons. The monoisotopic (exact) mass is 357 g/mol. The van der Waals surface area contributed by atoms with Crippen molar-refractivity contribution in [3.8, 4) is 5.88 Å². The Balaban J connectivity index is 2.01. The van der Waals surface area contributed by atoms with Crippen molar-refractivity contribution in [1.29, 1.82) is 0 Å². The van der Waals surface area contributed by atoms with E-state index in [1.807, 2.05) is 13.0 Å². The van der Waals surface area contributed by atoms with Gasteiger partial charge < -0.3 is 10.1 Å². The molecule has 3 rings (SSSR count). The van der Waals surface area contributed by atoms with Crippen molar-refractivity contribution in [2.45, 2.75) is 32.7 Å². The number of ether oxygens (including phenoxy) is 1. The van der Waals surface area contributed by atoms with Crippen LogP contribution in [-0.2, 0) is 19.4 Å². The molecule has 0 atom stereocenters. The molecule has 0 saturated carbocycles. The fraction of sp³-hybridized carbons (Fsp3) is 0.316. The van der Waals surface area contributed by atoms with Gasteiger partial charge in [0, 0.05) is 35.1 Å². The van der Waals surface area contributed by atoms with Gasteiger partial charge in [-0.05, 0) is 43.9 Å². The largest absolute Gasteiger partial charge is 0.481 e. The quantitative estimate of drug-likeness (QED) is 0.627. The molecule has 1 aliphatic heterocycles. The predicted molar refractivity (Wildman–Crippen MR) is 97.1 cm³/mol. The average molecular weight is 358 g/mol. The number of nitrogens with one attached hydrogen (secondary N) is 1. The van der Waals surface area contributed by atoms with E-state index in [9.17, 15) is 4.79 Å². The van der Waals surface area contributed by atoms with Crippen LogP contribution in [0.15, 0.2) is 30.5 Å². The molecule has 0 bridgehead atoms. The van der Waals surface area contributed by atoms with Crippen LogP contribution in [0.4, 0.5) is 0 Å². The number of fused-ring (bicyclic) bond motifs is 2. The van der Waals surface area contributed by atoms with E-state index >= 15 is 0 Å². The van der Waals surface area contributed by atoms with E-state index in [2.05, 4.69) is 27.4 Å². The highest BCUT2D eigenvalue weighted by molar-refractivity contribution is 6.30. The smallest absolute Gasteiger partial charge is 0.252 e. The van der Waals surface area contributed by atoms with Crippen LogP contribution in [0.25, 0.3) is 0 Å². The molecule has 1 N–H and O–H groups in total. The van der Waals surface area contributed by atoms with Crippen molar-refractivity contribution in [3.05, 3.63) is 63.6 Å². The maximum Gasteiger partial charge on any atom is 0.252 e. The molecule has 0 aromatic carbocycles. The average Bonchev–Trinajstić information content (AvgIpc) is 2.59. The number of carbonyl (C=O) groups excluding carboxylic acids is 1. The van der Waals surface area contributed by atoms with Gasteiger partial charge in [0.05, 0.1) is 7.11 Å². The highest BCUT2D eigenvalue weighted by Gasteiger charge is 2.17. The van der Waals surface area contributed by atoms with Crippen LogP contribution in [-0.4, -0.2) is 23.0 Å². The molecule has 25 heavy (non-hydrogen) atoms. The number of amides is 1. The molecule has 2 aromatic heterocycles. The van der Waals surface area contributed by atoms with Gasteiger partial charge in [-0.15, -0.1) is 0 Å². The van der Waals surface area contributed by atoms with Gasteiger partial charge in [-0.1, -0.05) is 23.8 Å². The first kappa shape index (κ1) is 17.4. The Hall–Kier alpha value is -2.40. The predicted octanol–water partition coefficient (Wildman–Crippen LogP) is 3.42. The van der Waals surface area contributed by atoms with Crippen molar-refractivity contribution in [2.24, 2.45) is 0 Å². The van der Waals surface area contributed by atoms with Crippen molar-refractivity contribution < 1.29 is 9.53 Å². The number of aryl methyl sites for hydroxylation is 2. The normalized spacial score (nSPS) is 15.9. The second kappa shape index (κ2) is 7.66. The van der Waals surface area contributed by atoms with Gasteiger partial charge in [-0.3, -0.25) is 4.79 Å². The first-order valence-corrected chi connectivity index (χ1v) is 8.58. The summed E-state index contributed by atoms with van der Waals surface area (Å²) in [4.78, 5) is 21.2. The third kappa shape index (κ3) is 3.82. The van der Waals surface area contributed by atoms with E-state index in [-0.39, 0.29) is 5.91 Å². The first-order valence-electron chi connectivity index (χ1n) is 8.20. The van der Waals surface area contributed by atoms with Crippen LogP contribution < -0.4 is 10.1 Å². The van der Waals surface area contributed by atoms with Gasteiger partial charge in [0.25, 0.3) is 5.91 Å². The number of methoxy groups -OCH3 is 1. The van der Waals surface area contributed by atoms with Crippen LogP contribution in [0.1, 0.15) is 39.2 Å². The summed E-state index contributed by atoms with van der Waals surface area (Å²) in [5, 5.41) is 3.33. The number of hydrogen-bond acceptors (Lipinski definition) is 4. The Morgan fingerprint density at radius 3 is 2.92 bits per heavy atom. The van der Waals surface area contributed by atoms with E-state index in [0.717, 1.165) is 35.2 Å². The summed E-state index contributed by atoms with van der Waals surface area (Å²) in [7, 11) is 1.60. The van der Waals surface area contributed by atoms with E-state index in [0.29, 0.717) is 29.6 Å². The Kier molecular flexibility index (Phi) is 5.34. The fourth-order valence-corrected chi connectivity index (χ4v) is 3.25. The van der Waals surface area contributed by atoms with Crippen LogP contribution >= 0.6 is 11.6 Å². The van der Waals surface area contributed by atoms with Crippen molar-refractivity contribution in [3.63, 3.8) is 0 Å². The van der Waals surface area contributed by atoms with Gasteiger partial charge in [0.15, 0.2) is 0 Å². The zero-order valence-corrected chi connectivity index (χ0v) is 15.1. The molecule has 0 saturated heterocycles. The van der Waals surface area contributed by atoms with Gasteiger partial charge in [0.1, 0.15) is 5.15 Å². The minimum atomic E-state index is -0.179. The molecule has 0 aliphatic carbocycles. The van der Waals surface area contributed by atoms with Gasteiger partial charge in [-0.2, -0.15) is 0 Å². The molecule has 5 nitrogen and oxygen atoms in total. The fourth-order valence-electron chi connectivity index (χ4n) is 3.01. The van der Waals surface area contributed by atoms with E-state index in [4.69, 9.17) is 16.3 Å². The molecule has 0 fully saturated rings. The first-order chi connectivity index (χ1) is 12.1. The van der Waals surface area contributed by atoms with Crippen LogP contribution in [0, 0.1) is 6.92 Å². The van der Waals surface area contributed by atoms with Crippen LogP contribution in [0.3, 0.4) is 0 Å². The Bertz CT molecular complexity index is 834. The minimum absolute atomic E-state index is 0.179. The molecular formula is C19H20ClN3O2. The molecule has 3 heterocycles. The summed E-state index contributed by atoms with van der Waals surface area (Å²) in [5.41, 5.74) is 4.25. The van der Waals surface area contributed by atoms with Gasteiger partial charge >= 0.3 is 0 Å². The molecule has 6 heteroatoms. The number of hydrogen-bond donors (Lipinski definition) is 1. The van der Waals surface area contributed by atoms with E-state index < -0.39 is 0 Å². The molecule has 1 aliphatic rings. The van der Waals surface area contributed by atoms with E-state index in [1.165, 1.54) is 0 Å². The summed E-state index contributed by atoms with van der Waals surface area (Å²) in [6.07, 6.45) is 8.03. The summed E-state index contributed by atoms with van der Waals surface area (Å²) < 4.78 is 5.43. The lowest BCUT2D eigenvalue weighted by Gasteiger charge is -2.16. The number of allylic oxidation sites excluding steroid dienone is 2. The van der Waals surface area contributed by atoms with Crippen molar-refractivity contribution in [1.82, 2.24) is 15.3 Å². The van der Waals surface area contributed by atoms with Crippen molar-refractivity contribution in [2.75, 3.05) is 7.11 Å². The van der Waals surface area contributed by atoms with Crippen LogP contribution in [0.5, 0.6) is 5.88 Å². The van der Waals surface area contributed by atoms with Gasteiger partial charge in [0.2, 0.25) is 5.88 Å². The Morgan fingerprint density at radius 1 is 1.28 bits per heavy atom. The highest BCUT2D eigenvalue weighted by Crippen LogP contribution is 2.24. The van der Waals surface area contributed by atoms with Gasteiger partial charge in [-0.25, -0.2) is 9.97 Å². The maximum atomic E-state index is 12.7. The highest BCUT2D eigenvalue weighted by atomic mass is 35.5. The summed E-state index contributed by atoms with van der Waals surface area (Å²) >= 11 is 6.19. The zero-order chi connectivity index (χ0) is 17.8. The number of carbonyl (C=O) groups is 1. The summed E-state index contributed by atoms with van der Waals surface area (Å²) in [6.45, 7) is 2.30. The standard InChI is InChI=1S/C19H20ClN3O2/c1-12-10-13-6-4-3-5-7-14-15(8-9-21-17(14)20)18(24)22-11-16(13)19(23-12)25-2/h3,5,8-10H,4,6-7,11H2,1-2H3,(H,22,24)/b5-3-. The summed E-state index contributed by atoms with van der Waals surface area (Å²) in [6, 6.07) is 3.75. The number of nitrogens with zero attached hydrogens (tertiary/aromatic N) is 2. The lowest BCUT2D eigenvalue weighted by Crippen LogP contribution is -2.25. The number of halogens is 1. The second-order valence-electron chi connectivity index (χ2n) is 5.94. The number of pyridine rings is 2. The molecule has 2 aromatic rings. The third-order valence-corrected chi connectivity index (χ3v) is 4.57. The Labute approximate surface area is 152 Å². The van der Waals surface area contributed by atoms with Crippen molar-refractivity contribution >= 4 is 17.5 Å². The molecule has 0 spiro atoms. The van der Waals surface area contributed by atoms with Crippen LogP contribution in [0.2, 0.25) is 5.15 Å². The lowest BCUT2D eigenvalue weighted by atomic mass is 10.0. The third-order valence-electron chi connectivity index (χ3n) is 4.24. The zero-order valence-electron chi connectivity index (χ0n) is 14.3. The number of rotatable bonds is 1. The van der Waals surface area contributed by atoms with E-state index in [1.54, 1.807) is 19.4 Å². The number of aromatic nitrogens is 2. The minimum Gasteiger partial charge on any atom is -0.481 e. The maximum absolute atomic E-state index is 12.7. The SMILES string of the molecule is COc1nc(C)cc2c1CNC(=O)c1ccnc(Cl)c1C/C=C\CC2. The molecule has 0 unspecified atom stereocenters. The Morgan fingerprint density at radius 2 is 2.12 bits per heavy atom.